The maximum Gasteiger partial charge on any atom is -0.0282 e. The second kappa shape index (κ2) is 6.21. The molecule has 0 saturated heterocycles. The van der Waals surface area contributed by atoms with E-state index in [0.717, 1.165) is 0 Å². The molecule has 0 unspecified atom stereocenters. The summed E-state index contributed by atoms with van der Waals surface area (Å²) in [6.07, 6.45) is 8.02. The summed E-state index contributed by atoms with van der Waals surface area (Å²) in [4.78, 5) is 0. The average Bonchev–Trinajstić information content (AvgIpc) is 2.03. The lowest BCUT2D eigenvalue weighted by atomic mass is 10.0. The molecule has 0 heterocycles. The van der Waals surface area contributed by atoms with Crippen molar-refractivity contribution < 1.29 is 0 Å². The maximum atomic E-state index is 2.24. The summed E-state index contributed by atoms with van der Waals surface area (Å²) >= 11 is 0. The largest absolute Gasteiger partial charge is 0.0874 e. The lowest BCUT2D eigenvalue weighted by Gasteiger charge is -2.04. The molecule has 0 aliphatic heterocycles. The fourth-order valence-corrected chi connectivity index (χ4v) is 1.14. The Balaban J connectivity index is 4.30. The van der Waals surface area contributed by atoms with Gasteiger partial charge >= 0.3 is 0 Å². The highest BCUT2D eigenvalue weighted by Gasteiger charge is 1.94. The molecule has 0 fully saturated rings. The first-order valence-corrected chi connectivity index (χ1v) is 4.57. The van der Waals surface area contributed by atoms with Gasteiger partial charge in [0.25, 0.3) is 0 Å². The number of hydrogen-bond acceptors (Lipinski definition) is 0. The molecular formula is C11H20. The van der Waals surface area contributed by atoms with Crippen LogP contribution >= 0.6 is 0 Å². The molecule has 0 heteroatoms. The van der Waals surface area contributed by atoms with Crippen LogP contribution in [0, 0.1) is 0 Å². The van der Waals surface area contributed by atoms with Gasteiger partial charge in [-0.15, -0.1) is 0 Å². The van der Waals surface area contributed by atoms with Gasteiger partial charge in [0.1, 0.15) is 0 Å². The summed E-state index contributed by atoms with van der Waals surface area (Å²) in [6, 6.07) is 0. The zero-order chi connectivity index (χ0) is 8.69. The molecule has 64 valence electrons. The third-order valence-corrected chi connectivity index (χ3v) is 1.97. The van der Waals surface area contributed by atoms with Crippen LogP contribution in [-0.2, 0) is 0 Å². The molecule has 0 N–H and O–H groups in total. The van der Waals surface area contributed by atoms with Gasteiger partial charge in [-0.3, -0.25) is 0 Å². The van der Waals surface area contributed by atoms with E-state index in [1.165, 1.54) is 30.4 Å². The first-order chi connectivity index (χ1) is 5.26. The molecule has 0 aromatic carbocycles. The molecule has 11 heavy (non-hydrogen) atoms. The van der Waals surface area contributed by atoms with Crippen LogP contribution in [0.1, 0.15) is 47.0 Å². The van der Waals surface area contributed by atoms with Crippen LogP contribution in [0.4, 0.5) is 0 Å². The van der Waals surface area contributed by atoms with Crippen molar-refractivity contribution in [2.24, 2.45) is 0 Å². The van der Waals surface area contributed by atoms with E-state index in [4.69, 9.17) is 0 Å². The molecule has 0 nitrogen and oxygen atoms in total. The Kier molecular flexibility index (Phi) is 5.91. The normalized spacial score (nSPS) is 13.8. The minimum absolute atomic E-state index is 1.18. The van der Waals surface area contributed by atoms with Crippen molar-refractivity contribution in [1.29, 1.82) is 0 Å². The second-order valence-electron chi connectivity index (χ2n) is 2.91. The molecule has 0 aliphatic rings. The Morgan fingerprint density at radius 2 is 1.91 bits per heavy atom. The topological polar surface area (TPSA) is 0 Å². The fraction of sp³-hybridized carbons (Fsp3) is 0.636. The lowest BCUT2D eigenvalue weighted by molar-refractivity contribution is 0.896. The summed E-state index contributed by atoms with van der Waals surface area (Å²) in [5, 5.41) is 0. The van der Waals surface area contributed by atoms with Crippen LogP contribution in [0.5, 0.6) is 0 Å². The number of allylic oxidation sites excluding steroid dienone is 4. The molecule has 0 aromatic heterocycles. The lowest BCUT2D eigenvalue weighted by Crippen LogP contribution is -1.83. The third kappa shape index (κ3) is 4.02. The van der Waals surface area contributed by atoms with E-state index in [2.05, 4.69) is 39.8 Å². The minimum atomic E-state index is 1.18. The molecule has 0 saturated carbocycles. The zero-order valence-corrected chi connectivity index (χ0v) is 8.28. The van der Waals surface area contributed by atoms with Gasteiger partial charge in [-0.2, -0.15) is 0 Å². The van der Waals surface area contributed by atoms with E-state index in [0.29, 0.717) is 0 Å². The maximum absolute atomic E-state index is 2.24. The van der Waals surface area contributed by atoms with Crippen molar-refractivity contribution in [2.45, 2.75) is 47.0 Å². The van der Waals surface area contributed by atoms with E-state index in [-0.39, 0.29) is 0 Å². The highest BCUT2D eigenvalue weighted by atomic mass is 14.0. The molecule has 0 aliphatic carbocycles. The molecule has 0 spiro atoms. The van der Waals surface area contributed by atoms with Crippen molar-refractivity contribution >= 4 is 0 Å². The Bertz CT molecular complexity index is 149. The monoisotopic (exact) mass is 152 g/mol. The third-order valence-electron chi connectivity index (χ3n) is 1.97. The smallest absolute Gasteiger partial charge is 0.0282 e. The van der Waals surface area contributed by atoms with Crippen molar-refractivity contribution in [3.8, 4) is 0 Å². The van der Waals surface area contributed by atoms with Gasteiger partial charge in [0.05, 0.1) is 0 Å². The molecule has 0 rings (SSSR count). The van der Waals surface area contributed by atoms with Gasteiger partial charge in [0, 0.05) is 0 Å². The second-order valence-corrected chi connectivity index (χ2v) is 2.91. The van der Waals surface area contributed by atoms with Crippen LogP contribution < -0.4 is 0 Å². The number of hydrogen-bond donors (Lipinski definition) is 0. The summed E-state index contributed by atoms with van der Waals surface area (Å²) in [7, 11) is 0. The van der Waals surface area contributed by atoms with Crippen molar-refractivity contribution in [1.82, 2.24) is 0 Å². The minimum Gasteiger partial charge on any atom is -0.0874 e. The molecule has 0 aromatic rings. The van der Waals surface area contributed by atoms with Crippen LogP contribution in [0.3, 0.4) is 0 Å². The molecule has 0 atom stereocenters. The predicted octanol–water partition coefficient (Wildman–Crippen LogP) is 4.09. The Hall–Kier alpha value is -0.520. The van der Waals surface area contributed by atoms with E-state index in [1.54, 1.807) is 0 Å². The van der Waals surface area contributed by atoms with E-state index in [9.17, 15) is 0 Å². The van der Waals surface area contributed by atoms with Gasteiger partial charge in [-0.1, -0.05) is 38.0 Å². The van der Waals surface area contributed by atoms with Crippen LogP contribution in [0.25, 0.3) is 0 Å². The predicted molar refractivity (Wildman–Crippen MR) is 52.7 cm³/mol. The highest BCUT2D eigenvalue weighted by Crippen LogP contribution is 2.14. The first kappa shape index (κ1) is 10.5. The summed E-state index contributed by atoms with van der Waals surface area (Å²) < 4.78 is 0. The highest BCUT2D eigenvalue weighted by molar-refractivity contribution is 5.23. The summed E-state index contributed by atoms with van der Waals surface area (Å²) in [5.74, 6) is 0. The van der Waals surface area contributed by atoms with E-state index >= 15 is 0 Å². The van der Waals surface area contributed by atoms with Gasteiger partial charge in [-0.25, -0.2) is 0 Å². The standard InChI is InChI=1S/C11H20/c1-5-8-11(9-6-2)10(4)7-3/h5,8H,6-7,9H2,1-4H3. The van der Waals surface area contributed by atoms with Gasteiger partial charge < -0.3 is 0 Å². The molecule has 0 radical (unpaired) electrons. The van der Waals surface area contributed by atoms with E-state index < -0.39 is 0 Å². The zero-order valence-electron chi connectivity index (χ0n) is 8.28. The van der Waals surface area contributed by atoms with Crippen LogP contribution in [0.15, 0.2) is 23.3 Å². The van der Waals surface area contributed by atoms with E-state index in [1.807, 2.05) is 0 Å². The van der Waals surface area contributed by atoms with Gasteiger partial charge in [0.2, 0.25) is 0 Å². The van der Waals surface area contributed by atoms with Crippen molar-refractivity contribution in [3.63, 3.8) is 0 Å². The Morgan fingerprint density at radius 3 is 2.27 bits per heavy atom. The Morgan fingerprint density at radius 1 is 1.27 bits per heavy atom. The van der Waals surface area contributed by atoms with Crippen molar-refractivity contribution in [3.05, 3.63) is 23.3 Å². The Labute approximate surface area is 71.0 Å². The summed E-state index contributed by atoms with van der Waals surface area (Å²) in [5.41, 5.74) is 3.06. The molecule has 0 bridgehead atoms. The summed E-state index contributed by atoms with van der Waals surface area (Å²) in [6.45, 7) is 8.75. The SMILES string of the molecule is CC=CC(CCC)=C(C)CC. The molecular weight excluding hydrogens is 132 g/mol. The quantitative estimate of drug-likeness (QED) is 0.532. The van der Waals surface area contributed by atoms with Gasteiger partial charge in [0.15, 0.2) is 0 Å². The van der Waals surface area contributed by atoms with Crippen LogP contribution in [-0.4, -0.2) is 0 Å². The van der Waals surface area contributed by atoms with Crippen LogP contribution in [0.2, 0.25) is 0 Å². The average molecular weight is 152 g/mol. The number of rotatable bonds is 4. The van der Waals surface area contributed by atoms with Crippen molar-refractivity contribution in [2.75, 3.05) is 0 Å². The molecule has 0 amide bonds. The fourth-order valence-electron chi connectivity index (χ4n) is 1.14. The first-order valence-electron chi connectivity index (χ1n) is 4.57. The van der Waals surface area contributed by atoms with Gasteiger partial charge in [-0.05, 0) is 32.3 Å².